The highest BCUT2D eigenvalue weighted by molar-refractivity contribution is 5.54. The summed E-state index contributed by atoms with van der Waals surface area (Å²) in [6, 6.07) is 4.35. The lowest BCUT2D eigenvalue weighted by Gasteiger charge is -2.42. The second-order valence-corrected chi connectivity index (χ2v) is 7.96. The van der Waals surface area contributed by atoms with E-state index >= 15 is 0 Å². The van der Waals surface area contributed by atoms with E-state index in [1.807, 2.05) is 24.8 Å². The fourth-order valence-corrected chi connectivity index (χ4v) is 4.27. The number of quaternary nitrogens is 1. The Morgan fingerprint density at radius 2 is 1.32 bits per heavy atom. The number of aromatic nitrogens is 2. The van der Waals surface area contributed by atoms with Gasteiger partial charge >= 0.3 is 0 Å². The van der Waals surface area contributed by atoms with Crippen molar-refractivity contribution in [3.63, 3.8) is 0 Å². The SMILES string of the molecule is C[N+](C)(CN1CCCc2cnccc21)CN1CCCc2cnccc21. The molecule has 2 aliphatic rings. The molecule has 0 N–H and O–H groups in total. The van der Waals surface area contributed by atoms with Crippen LogP contribution in [0.15, 0.2) is 36.9 Å². The molecule has 0 aromatic carbocycles. The van der Waals surface area contributed by atoms with Crippen LogP contribution in [0, 0.1) is 0 Å². The minimum Gasteiger partial charge on any atom is -0.325 e. The van der Waals surface area contributed by atoms with Gasteiger partial charge in [-0.2, -0.15) is 0 Å². The Kier molecular flexibility index (Phi) is 4.34. The Morgan fingerprint density at radius 3 is 1.80 bits per heavy atom. The Hall–Kier alpha value is -2.14. The van der Waals surface area contributed by atoms with Crippen LogP contribution in [-0.2, 0) is 12.8 Å². The first-order valence-corrected chi connectivity index (χ1v) is 9.30. The van der Waals surface area contributed by atoms with Crippen LogP contribution in [0.4, 0.5) is 11.4 Å². The first-order valence-electron chi connectivity index (χ1n) is 9.30. The molecule has 0 bridgehead atoms. The van der Waals surface area contributed by atoms with Crippen LogP contribution in [0.2, 0.25) is 0 Å². The van der Waals surface area contributed by atoms with Crippen molar-refractivity contribution in [2.45, 2.75) is 25.7 Å². The molecule has 5 heteroatoms. The lowest BCUT2D eigenvalue weighted by molar-refractivity contribution is -0.889. The van der Waals surface area contributed by atoms with Crippen molar-refractivity contribution >= 4 is 11.4 Å². The number of pyridine rings is 2. The van der Waals surface area contributed by atoms with E-state index in [0.717, 1.165) is 43.8 Å². The number of fused-ring (bicyclic) bond motifs is 2. The number of hydrogen-bond donors (Lipinski definition) is 0. The van der Waals surface area contributed by atoms with Gasteiger partial charge in [0, 0.05) is 49.3 Å². The molecule has 0 saturated heterocycles. The number of aryl methyl sites for hydroxylation is 2. The lowest BCUT2D eigenvalue weighted by Crippen LogP contribution is -2.55. The van der Waals surface area contributed by atoms with Crippen molar-refractivity contribution in [2.24, 2.45) is 0 Å². The summed E-state index contributed by atoms with van der Waals surface area (Å²) in [4.78, 5) is 13.7. The van der Waals surface area contributed by atoms with Gasteiger partial charge in [0.15, 0.2) is 13.3 Å². The number of rotatable bonds is 4. The van der Waals surface area contributed by atoms with Gasteiger partial charge in [0.05, 0.1) is 14.1 Å². The molecule has 4 rings (SSSR count). The summed E-state index contributed by atoms with van der Waals surface area (Å²) >= 11 is 0. The molecule has 2 aromatic rings. The molecule has 0 saturated carbocycles. The van der Waals surface area contributed by atoms with Gasteiger partial charge in [-0.3, -0.25) is 14.5 Å². The first-order chi connectivity index (χ1) is 12.1. The Balaban J connectivity index is 1.50. The molecule has 2 aromatic heterocycles. The van der Waals surface area contributed by atoms with Crippen molar-refractivity contribution in [2.75, 3.05) is 50.3 Å². The molecule has 0 aliphatic carbocycles. The maximum Gasteiger partial charge on any atom is 0.155 e. The molecule has 4 heterocycles. The second-order valence-electron chi connectivity index (χ2n) is 7.96. The standard InChI is InChI=1S/C20H28N5/c1-25(2,15-23-11-3-5-17-13-21-9-7-19(17)23)16-24-12-4-6-18-14-22-10-8-20(18)24/h7-10,13-14H,3-6,11-12,15-16H2,1-2H3/q+1. The van der Waals surface area contributed by atoms with E-state index in [1.165, 1.54) is 35.3 Å². The summed E-state index contributed by atoms with van der Waals surface area (Å²) in [5.41, 5.74) is 5.53. The van der Waals surface area contributed by atoms with Crippen LogP contribution in [0.1, 0.15) is 24.0 Å². The fourth-order valence-electron chi connectivity index (χ4n) is 4.27. The lowest BCUT2D eigenvalue weighted by atomic mass is 10.0. The van der Waals surface area contributed by atoms with Crippen molar-refractivity contribution in [3.05, 3.63) is 48.0 Å². The highest BCUT2D eigenvalue weighted by atomic mass is 15.5. The third-order valence-electron chi connectivity index (χ3n) is 5.29. The van der Waals surface area contributed by atoms with Gasteiger partial charge in [0.25, 0.3) is 0 Å². The summed E-state index contributed by atoms with van der Waals surface area (Å²) in [5, 5.41) is 0. The minimum absolute atomic E-state index is 0.948. The Morgan fingerprint density at radius 1 is 0.840 bits per heavy atom. The summed E-state index contributed by atoms with van der Waals surface area (Å²) in [6.45, 7) is 4.32. The monoisotopic (exact) mass is 338 g/mol. The molecular formula is C20H28N5+. The van der Waals surface area contributed by atoms with E-state index in [-0.39, 0.29) is 0 Å². The fraction of sp³-hybridized carbons (Fsp3) is 0.500. The van der Waals surface area contributed by atoms with E-state index < -0.39 is 0 Å². The molecule has 5 nitrogen and oxygen atoms in total. The van der Waals surface area contributed by atoms with Crippen molar-refractivity contribution in [3.8, 4) is 0 Å². The molecule has 0 unspecified atom stereocenters. The van der Waals surface area contributed by atoms with E-state index in [9.17, 15) is 0 Å². The van der Waals surface area contributed by atoms with Gasteiger partial charge in [0.2, 0.25) is 0 Å². The van der Waals surface area contributed by atoms with Crippen LogP contribution in [0.25, 0.3) is 0 Å². The van der Waals surface area contributed by atoms with Gasteiger partial charge in [-0.1, -0.05) is 0 Å². The highest BCUT2D eigenvalue weighted by Gasteiger charge is 2.28. The average molecular weight is 338 g/mol. The summed E-state index contributed by atoms with van der Waals surface area (Å²) in [5.74, 6) is 0. The van der Waals surface area contributed by atoms with Gasteiger partial charge in [-0.05, 0) is 48.9 Å². The van der Waals surface area contributed by atoms with Crippen LogP contribution in [0.3, 0.4) is 0 Å². The zero-order chi connectivity index (χ0) is 17.3. The zero-order valence-electron chi connectivity index (χ0n) is 15.4. The molecular weight excluding hydrogens is 310 g/mol. The van der Waals surface area contributed by atoms with E-state index in [2.05, 4.69) is 46.0 Å². The molecule has 0 fully saturated rings. The summed E-state index contributed by atoms with van der Waals surface area (Å²) in [7, 11) is 4.68. The molecule has 0 atom stereocenters. The van der Waals surface area contributed by atoms with E-state index in [0.29, 0.717) is 0 Å². The summed E-state index contributed by atoms with van der Waals surface area (Å²) in [6.07, 6.45) is 12.7. The van der Waals surface area contributed by atoms with Crippen LogP contribution in [-0.4, -0.2) is 55.0 Å². The predicted octanol–water partition coefficient (Wildman–Crippen LogP) is 2.67. The molecule has 0 amide bonds. The van der Waals surface area contributed by atoms with Crippen molar-refractivity contribution in [1.29, 1.82) is 0 Å². The first kappa shape index (κ1) is 16.3. The van der Waals surface area contributed by atoms with Crippen LogP contribution >= 0.6 is 0 Å². The molecule has 132 valence electrons. The number of hydrogen-bond acceptors (Lipinski definition) is 4. The van der Waals surface area contributed by atoms with Gasteiger partial charge < -0.3 is 9.80 Å². The van der Waals surface area contributed by atoms with Gasteiger partial charge in [-0.25, -0.2) is 0 Å². The summed E-state index contributed by atoms with van der Waals surface area (Å²) < 4.78 is 0.948. The quantitative estimate of drug-likeness (QED) is 0.803. The minimum atomic E-state index is 0.948. The number of anilines is 2. The van der Waals surface area contributed by atoms with Crippen LogP contribution < -0.4 is 9.80 Å². The predicted molar refractivity (Wildman–Crippen MR) is 102 cm³/mol. The van der Waals surface area contributed by atoms with E-state index in [1.54, 1.807) is 0 Å². The van der Waals surface area contributed by atoms with Crippen molar-refractivity contribution < 1.29 is 4.48 Å². The maximum atomic E-state index is 4.30. The smallest absolute Gasteiger partial charge is 0.155 e. The third kappa shape index (κ3) is 3.47. The topological polar surface area (TPSA) is 32.3 Å². The second kappa shape index (κ2) is 6.64. The molecule has 25 heavy (non-hydrogen) atoms. The molecule has 0 radical (unpaired) electrons. The number of nitrogens with zero attached hydrogens (tertiary/aromatic N) is 5. The normalized spacial score (nSPS) is 17.2. The molecule has 0 spiro atoms. The Labute approximate surface area is 150 Å². The maximum absolute atomic E-state index is 4.30. The highest BCUT2D eigenvalue weighted by Crippen LogP contribution is 2.29. The van der Waals surface area contributed by atoms with Crippen molar-refractivity contribution in [1.82, 2.24) is 9.97 Å². The average Bonchev–Trinajstić information content (AvgIpc) is 2.62. The Bertz CT molecular complexity index is 681. The zero-order valence-corrected chi connectivity index (χ0v) is 15.4. The molecule has 2 aliphatic heterocycles. The third-order valence-corrected chi connectivity index (χ3v) is 5.29. The van der Waals surface area contributed by atoms with E-state index in [4.69, 9.17) is 0 Å². The van der Waals surface area contributed by atoms with Gasteiger partial charge in [-0.15, -0.1) is 0 Å². The van der Waals surface area contributed by atoms with Crippen LogP contribution in [0.5, 0.6) is 0 Å². The largest absolute Gasteiger partial charge is 0.325 e. The van der Waals surface area contributed by atoms with Gasteiger partial charge in [0.1, 0.15) is 0 Å².